The normalized spacial score (nSPS) is 16.6. The SMILES string of the molecule is COc1cc(Cl)cc2c1OOC2c1cc(Cl)ccc1N. The molecule has 1 aliphatic heterocycles. The van der Waals surface area contributed by atoms with E-state index in [-0.39, 0.29) is 0 Å². The summed E-state index contributed by atoms with van der Waals surface area (Å²) < 4.78 is 5.23. The highest BCUT2D eigenvalue weighted by Crippen LogP contribution is 2.47. The van der Waals surface area contributed by atoms with Gasteiger partial charge >= 0.3 is 0 Å². The van der Waals surface area contributed by atoms with Crippen LogP contribution in [0, 0.1) is 0 Å². The molecule has 1 heterocycles. The molecular weight excluding hydrogens is 301 g/mol. The van der Waals surface area contributed by atoms with Crippen molar-refractivity contribution in [3.8, 4) is 11.5 Å². The third kappa shape index (κ3) is 2.16. The number of methoxy groups -OCH3 is 1. The molecule has 104 valence electrons. The lowest BCUT2D eigenvalue weighted by molar-refractivity contribution is -0.212. The molecule has 1 aliphatic rings. The van der Waals surface area contributed by atoms with E-state index in [9.17, 15) is 0 Å². The Morgan fingerprint density at radius 2 is 1.85 bits per heavy atom. The standard InChI is InChI=1S/C14H11Cl2NO3/c1-18-12-6-8(16)5-10-13(19-20-14(10)12)9-4-7(15)2-3-11(9)17/h2-6,13H,17H2,1H3. The smallest absolute Gasteiger partial charge is 0.213 e. The molecule has 2 N–H and O–H groups in total. The first-order valence-electron chi connectivity index (χ1n) is 5.86. The lowest BCUT2D eigenvalue weighted by Gasteiger charge is -2.11. The zero-order valence-electron chi connectivity index (χ0n) is 10.5. The number of hydrogen-bond acceptors (Lipinski definition) is 4. The van der Waals surface area contributed by atoms with Gasteiger partial charge in [-0.3, -0.25) is 0 Å². The van der Waals surface area contributed by atoms with E-state index in [0.29, 0.717) is 27.2 Å². The van der Waals surface area contributed by atoms with Crippen molar-refractivity contribution in [3.05, 3.63) is 51.5 Å². The number of nitrogens with two attached hydrogens (primary N) is 1. The molecule has 0 amide bonds. The summed E-state index contributed by atoms with van der Waals surface area (Å²) in [7, 11) is 1.54. The lowest BCUT2D eigenvalue weighted by Crippen LogP contribution is -2.04. The number of fused-ring (bicyclic) bond motifs is 1. The van der Waals surface area contributed by atoms with Crippen LogP contribution in [-0.4, -0.2) is 7.11 Å². The Morgan fingerprint density at radius 3 is 2.60 bits per heavy atom. The molecule has 6 heteroatoms. The van der Waals surface area contributed by atoms with Gasteiger partial charge in [-0.05, 0) is 24.3 Å². The van der Waals surface area contributed by atoms with Crippen LogP contribution in [0.3, 0.4) is 0 Å². The Hall–Kier alpha value is -1.62. The molecule has 0 fully saturated rings. The van der Waals surface area contributed by atoms with Gasteiger partial charge in [0.1, 0.15) is 0 Å². The summed E-state index contributed by atoms with van der Waals surface area (Å²) >= 11 is 12.1. The second-order valence-corrected chi connectivity index (χ2v) is 5.23. The Bertz CT molecular complexity index is 676. The molecule has 0 bridgehead atoms. The van der Waals surface area contributed by atoms with E-state index in [1.54, 1.807) is 30.3 Å². The Kier molecular flexibility index (Phi) is 3.38. The molecule has 2 aromatic carbocycles. The van der Waals surface area contributed by atoms with Gasteiger partial charge in [-0.15, -0.1) is 0 Å². The predicted molar refractivity (Wildman–Crippen MR) is 77.4 cm³/mol. The lowest BCUT2D eigenvalue weighted by atomic mass is 9.99. The van der Waals surface area contributed by atoms with Crippen molar-refractivity contribution in [2.75, 3.05) is 12.8 Å². The van der Waals surface area contributed by atoms with Crippen LogP contribution < -0.4 is 15.4 Å². The number of rotatable bonds is 2. The van der Waals surface area contributed by atoms with Gasteiger partial charge in [0.2, 0.25) is 5.75 Å². The van der Waals surface area contributed by atoms with Crippen LogP contribution in [-0.2, 0) is 4.89 Å². The Labute approximate surface area is 125 Å². The van der Waals surface area contributed by atoms with Gasteiger partial charge in [-0.2, -0.15) is 4.89 Å². The molecule has 4 nitrogen and oxygen atoms in total. The second-order valence-electron chi connectivity index (χ2n) is 4.36. The first-order valence-corrected chi connectivity index (χ1v) is 6.61. The minimum Gasteiger partial charge on any atom is -0.493 e. The highest BCUT2D eigenvalue weighted by Gasteiger charge is 2.32. The zero-order valence-corrected chi connectivity index (χ0v) is 12.0. The summed E-state index contributed by atoms with van der Waals surface area (Å²) in [5, 5.41) is 1.10. The number of anilines is 1. The van der Waals surface area contributed by atoms with Crippen molar-refractivity contribution in [2.45, 2.75) is 6.10 Å². The van der Waals surface area contributed by atoms with Crippen LogP contribution in [0.15, 0.2) is 30.3 Å². The quantitative estimate of drug-likeness (QED) is 0.673. The van der Waals surface area contributed by atoms with Gasteiger partial charge in [-0.1, -0.05) is 23.2 Å². The maximum atomic E-state index is 6.08. The van der Waals surface area contributed by atoms with Gasteiger partial charge in [-0.25, -0.2) is 0 Å². The van der Waals surface area contributed by atoms with Crippen molar-refractivity contribution in [3.63, 3.8) is 0 Å². The fraction of sp³-hybridized carbons (Fsp3) is 0.143. The van der Waals surface area contributed by atoms with Gasteiger partial charge in [0, 0.05) is 32.9 Å². The molecule has 1 unspecified atom stereocenters. The van der Waals surface area contributed by atoms with Crippen LogP contribution in [0.5, 0.6) is 11.5 Å². The molecule has 0 spiro atoms. The number of ether oxygens (including phenoxy) is 1. The maximum Gasteiger partial charge on any atom is 0.213 e. The Morgan fingerprint density at radius 1 is 1.10 bits per heavy atom. The van der Waals surface area contributed by atoms with Crippen LogP contribution >= 0.6 is 23.2 Å². The van der Waals surface area contributed by atoms with Gasteiger partial charge in [0.15, 0.2) is 11.9 Å². The van der Waals surface area contributed by atoms with E-state index in [1.807, 2.05) is 0 Å². The van der Waals surface area contributed by atoms with Crippen LogP contribution in [0.25, 0.3) is 0 Å². The first-order chi connectivity index (χ1) is 9.60. The zero-order chi connectivity index (χ0) is 14.3. The average molecular weight is 312 g/mol. The van der Waals surface area contributed by atoms with Gasteiger partial charge in [0.25, 0.3) is 0 Å². The number of hydrogen-bond donors (Lipinski definition) is 1. The molecule has 0 aliphatic carbocycles. The molecule has 0 aromatic heterocycles. The van der Waals surface area contributed by atoms with Crippen molar-refractivity contribution < 1.29 is 14.5 Å². The third-order valence-corrected chi connectivity index (χ3v) is 3.56. The molecule has 1 atom stereocenters. The summed E-state index contributed by atoms with van der Waals surface area (Å²) in [6.07, 6.45) is -0.490. The van der Waals surface area contributed by atoms with Crippen LogP contribution in [0.2, 0.25) is 10.0 Å². The third-order valence-electron chi connectivity index (χ3n) is 3.11. The summed E-state index contributed by atoms with van der Waals surface area (Å²) in [6.45, 7) is 0. The molecule has 20 heavy (non-hydrogen) atoms. The van der Waals surface area contributed by atoms with E-state index in [1.165, 1.54) is 7.11 Å². The fourth-order valence-corrected chi connectivity index (χ4v) is 2.56. The topological polar surface area (TPSA) is 53.7 Å². The summed E-state index contributed by atoms with van der Waals surface area (Å²) in [4.78, 5) is 10.6. The molecule has 0 radical (unpaired) electrons. The molecular formula is C14H11Cl2NO3. The van der Waals surface area contributed by atoms with Gasteiger partial charge < -0.3 is 15.4 Å². The largest absolute Gasteiger partial charge is 0.493 e. The molecule has 0 saturated carbocycles. The summed E-state index contributed by atoms with van der Waals surface area (Å²) in [5.41, 5.74) is 8.02. The number of benzene rings is 2. The first kappa shape index (κ1) is 13.4. The van der Waals surface area contributed by atoms with E-state index in [4.69, 9.17) is 43.4 Å². The van der Waals surface area contributed by atoms with E-state index < -0.39 is 6.10 Å². The minimum absolute atomic E-state index is 0.490. The highest BCUT2D eigenvalue weighted by molar-refractivity contribution is 6.31. The molecule has 2 aromatic rings. The minimum atomic E-state index is -0.490. The Balaban J connectivity index is 2.13. The van der Waals surface area contributed by atoms with E-state index >= 15 is 0 Å². The fourth-order valence-electron chi connectivity index (χ4n) is 2.16. The summed E-state index contributed by atoms with van der Waals surface area (Å²) in [5.74, 6) is 1.01. The van der Waals surface area contributed by atoms with Crippen LogP contribution in [0.4, 0.5) is 5.69 Å². The van der Waals surface area contributed by atoms with Crippen molar-refractivity contribution in [1.82, 2.24) is 0 Å². The highest BCUT2D eigenvalue weighted by atomic mass is 35.5. The van der Waals surface area contributed by atoms with Crippen molar-refractivity contribution in [1.29, 1.82) is 0 Å². The maximum absolute atomic E-state index is 6.08. The molecule has 0 saturated heterocycles. The number of halogens is 2. The van der Waals surface area contributed by atoms with E-state index in [0.717, 1.165) is 11.1 Å². The monoisotopic (exact) mass is 311 g/mol. The summed E-state index contributed by atoms with van der Waals surface area (Å²) in [6, 6.07) is 8.61. The number of nitrogen functional groups attached to an aromatic ring is 1. The predicted octanol–water partition coefficient (Wildman–Crippen LogP) is 4.00. The van der Waals surface area contributed by atoms with Crippen LogP contribution in [0.1, 0.15) is 17.2 Å². The molecule has 3 rings (SSSR count). The van der Waals surface area contributed by atoms with Gasteiger partial charge in [0.05, 0.1) is 7.11 Å². The second kappa shape index (κ2) is 5.05. The van der Waals surface area contributed by atoms with Crippen molar-refractivity contribution in [2.24, 2.45) is 0 Å². The average Bonchev–Trinajstić information content (AvgIpc) is 2.84. The van der Waals surface area contributed by atoms with E-state index in [2.05, 4.69) is 0 Å². The van der Waals surface area contributed by atoms with Crippen molar-refractivity contribution >= 4 is 28.9 Å².